The number of aliphatic hydroxyl groups excluding tert-OH is 3. The predicted octanol–water partition coefficient (Wildman–Crippen LogP) is -1.65. The molecule has 8 nitrogen and oxygen atoms in total. The van der Waals surface area contributed by atoms with E-state index in [2.05, 4.69) is 13.8 Å². The van der Waals surface area contributed by atoms with E-state index in [1.165, 1.54) is 0 Å². The van der Waals surface area contributed by atoms with Gasteiger partial charge in [-0.15, -0.1) is 0 Å². The zero-order chi connectivity index (χ0) is 9.69. The summed E-state index contributed by atoms with van der Waals surface area (Å²) < 4.78 is 24.4. The van der Waals surface area contributed by atoms with Crippen LogP contribution in [-0.2, 0) is 18.3 Å². The summed E-state index contributed by atoms with van der Waals surface area (Å²) >= 11 is 0. The van der Waals surface area contributed by atoms with Gasteiger partial charge in [0.05, 0.1) is 13.2 Å². The van der Waals surface area contributed by atoms with E-state index in [4.69, 9.17) is 10.2 Å². The molecular weight excluding hydrogens is 205 g/mol. The number of phosphoric acid groups is 1. The van der Waals surface area contributed by atoms with Crippen molar-refractivity contribution in [3.05, 3.63) is 0 Å². The van der Waals surface area contributed by atoms with Gasteiger partial charge in [0.1, 0.15) is 0 Å². The van der Waals surface area contributed by atoms with Gasteiger partial charge >= 0.3 is 7.82 Å². The van der Waals surface area contributed by atoms with Gasteiger partial charge in [-0.3, -0.25) is 4.52 Å². The fourth-order valence-corrected chi connectivity index (χ4v) is 2.24. The molecule has 0 radical (unpaired) electrons. The number of hydrogen-bond donors (Lipinski definition) is 3. The number of nitrogens with zero attached hydrogens (tertiary/aromatic N) is 1. The van der Waals surface area contributed by atoms with Crippen LogP contribution >= 0.6 is 7.82 Å². The van der Waals surface area contributed by atoms with Crippen molar-refractivity contribution < 1.29 is 33.7 Å². The monoisotopic (exact) mass is 213 g/mol. The molecule has 9 heteroatoms. The van der Waals surface area contributed by atoms with Gasteiger partial charge in [0.2, 0.25) is 0 Å². The molecule has 3 fully saturated rings. The van der Waals surface area contributed by atoms with Crippen LogP contribution in [0.2, 0.25) is 0 Å². The Morgan fingerprint density at radius 3 is 2.31 bits per heavy atom. The fraction of sp³-hybridized carbons (Fsp3) is 1.00. The van der Waals surface area contributed by atoms with Crippen LogP contribution in [0, 0.1) is 0 Å². The lowest BCUT2D eigenvalue weighted by Crippen LogP contribution is -2.68. The molecule has 1 unspecified atom stereocenters. The number of hydrogen-bond acceptors (Lipinski definition) is 8. The molecule has 2 bridgehead atoms. The van der Waals surface area contributed by atoms with Crippen LogP contribution in [0.5, 0.6) is 0 Å². The Morgan fingerprint density at radius 1 is 1.38 bits per heavy atom. The second kappa shape index (κ2) is 2.72. The zero-order valence-electron chi connectivity index (χ0n) is 6.36. The maximum absolute atomic E-state index is 11.0. The molecule has 0 saturated carbocycles. The fourth-order valence-electron chi connectivity index (χ4n) is 1.02. The molecule has 3 N–H and O–H groups in total. The van der Waals surface area contributed by atoms with Gasteiger partial charge in [0, 0.05) is 0 Å². The standard InChI is InChI=1S/C4H8NO7P/c6-1-4(2-7)3(8)10-13(9)11-5(4)12-13/h3,6-8H,1-2H2. The van der Waals surface area contributed by atoms with E-state index in [0.717, 1.165) is 0 Å². The molecule has 0 aromatic rings. The largest absolute Gasteiger partial charge is 0.514 e. The van der Waals surface area contributed by atoms with Crippen molar-refractivity contribution in [2.75, 3.05) is 13.2 Å². The minimum absolute atomic E-state index is 0.599. The highest BCUT2D eigenvalue weighted by atomic mass is 31.2. The normalized spacial score (nSPS) is 47.0. The first-order valence-corrected chi connectivity index (χ1v) is 4.90. The molecule has 1 atom stereocenters. The quantitative estimate of drug-likeness (QED) is 0.468. The smallest absolute Gasteiger partial charge is 0.394 e. The summed E-state index contributed by atoms with van der Waals surface area (Å²) in [4.78, 5) is 0. The highest BCUT2D eigenvalue weighted by Crippen LogP contribution is 2.66. The van der Waals surface area contributed by atoms with E-state index >= 15 is 0 Å². The minimum Gasteiger partial charge on any atom is -0.394 e. The van der Waals surface area contributed by atoms with Crippen molar-refractivity contribution in [2.24, 2.45) is 0 Å². The molecule has 0 aromatic carbocycles. The topological polar surface area (TPSA) is 109 Å². The molecule has 3 aliphatic heterocycles. The highest BCUT2D eigenvalue weighted by molar-refractivity contribution is 7.49. The Morgan fingerprint density at radius 2 is 1.92 bits per heavy atom. The van der Waals surface area contributed by atoms with E-state index in [0.29, 0.717) is 5.23 Å². The van der Waals surface area contributed by atoms with Crippen LogP contribution < -0.4 is 0 Å². The maximum Gasteiger partial charge on any atom is 0.514 e. The van der Waals surface area contributed by atoms with E-state index in [-0.39, 0.29) is 0 Å². The van der Waals surface area contributed by atoms with E-state index in [1.54, 1.807) is 0 Å². The minimum atomic E-state index is -3.65. The summed E-state index contributed by atoms with van der Waals surface area (Å²) in [6.45, 7) is -1.32. The van der Waals surface area contributed by atoms with E-state index < -0.39 is 32.9 Å². The van der Waals surface area contributed by atoms with Gasteiger partial charge in [0.15, 0.2) is 11.8 Å². The van der Waals surface area contributed by atoms with Gasteiger partial charge in [-0.1, -0.05) is 0 Å². The van der Waals surface area contributed by atoms with E-state index in [1.807, 2.05) is 0 Å². The Labute approximate surface area is 72.8 Å². The molecule has 0 spiro atoms. The summed E-state index contributed by atoms with van der Waals surface area (Å²) in [5, 5.41) is 27.7. The molecule has 0 aliphatic carbocycles. The molecule has 3 aliphatic rings. The zero-order valence-corrected chi connectivity index (χ0v) is 7.26. The third-order valence-electron chi connectivity index (χ3n) is 1.95. The van der Waals surface area contributed by atoms with Crippen LogP contribution in [0.25, 0.3) is 0 Å². The average molecular weight is 213 g/mol. The average Bonchev–Trinajstić information content (AvgIpc) is 2.03. The van der Waals surface area contributed by atoms with Crippen molar-refractivity contribution in [3.63, 3.8) is 0 Å². The Kier molecular flexibility index (Phi) is 1.99. The van der Waals surface area contributed by atoms with Crippen LogP contribution in [0.3, 0.4) is 0 Å². The third kappa shape index (κ3) is 1.09. The third-order valence-corrected chi connectivity index (χ3v) is 3.10. The molecule has 3 rings (SSSR count). The summed E-state index contributed by atoms with van der Waals surface area (Å²) in [6, 6.07) is 0. The van der Waals surface area contributed by atoms with Crippen molar-refractivity contribution in [2.45, 2.75) is 11.8 Å². The molecule has 76 valence electrons. The van der Waals surface area contributed by atoms with Gasteiger partial charge in [-0.2, -0.15) is 9.25 Å². The van der Waals surface area contributed by atoms with E-state index in [9.17, 15) is 9.67 Å². The first-order chi connectivity index (χ1) is 6.06. The van der Waals surface area contributed by atoms with Crippen molar-refractivity contribution in [3.8, 4) is 0 Å². The lowest BCUT2D eigenvalue weighted by molar-refractivity contribution is -0.466. The second-order valence-electron chi connectivity index (χ2n) is 2.75. The summed E-state index contributed by atoms with van der Waals surface area (Å²) in [6.07, 6.45) is -1.61. The maximum atomic E-state index is 11.0. The number of aliphatic hydroxyl groups is 3. The lowest BCUT2D eigenvalue weighted by atomic mass is 10.0. The SMILES string of the molecule is O=P12OC(O)C(CO)(CO)N(O1)O2. The molecular formula is C4H8NO7P. The van der Waals surface area contributed by atoms with Crippen molar-refractivity contribution in [1.29, 1.82) is 0 Å². The first-order valence-electron chi connectivity index (χ1n) is 3.44. The Hall–Kier alpha value is -0.0500. The Bertz CT molecular complexity index is 251. The molecule has 3 saturated heterocycles. The first kappa shape index (κ1) is 9.50. The van der Waals surface area contributed by atoms with Crippen molar-refractivity contribution in [1.82, 2.24) is 5.23 Å². The van der Waals surface area contributed by atoms with Crippen LogP contribution in [-0.4, -0.2) is 45.6 Å². The molecule has 3 heterocycles. The van der Waals surface area contributed by atoms with Gasteiger partial charge in [0.25, 0.3) is 0 Å². The van der Waals surface area contributed by atoms with Crippen molar-refractivity contribution >= 4 is 7.82 Å². The second-order valence-corrected chi connectivity index (χ2v) is 4.18. The number of fused-ring (bicyclic) bond motifs is 2. The van der Waals surface area contributed by atoms with Crippen LogP contribution in [0.15, 0.2) is 0 Å². The van der Waals surface area contributed by atoms with Crippen LogP contribution in [0.1, 0.15) is 0 Å². The summed E-state index contributed by atoms with van der Waals surface area (Å²) in [5.74, 6) is 0. The van der Waals surface area contributed by atoms with Gasteiger partial charge in [-0.05, 0) is 5.23 Å². The summed E-state index contributed by atoms with van der Waals surface area (Å²) in [7, 11) is -3.65. The molecule has 13 heavy (non-hydrogen) atoms. The predicted molar refractivity (Wildman–Crippen MR) is 35.6 cm³/mol. The number of rotatable bonds is 2. The lowest BCUT2D eigenvalue weighted by Gasteiger charge is -2.52. The van der Waals surface area contributed by atoms with Gasteiger partial charge in [-0.25, -0.2) is 4.57 Å². The number of hydroxylamine groups is 2. The molecule has 0 aromatic heterocycles. The van der Waals surface area contributed by atoms with Crippen LogP contribution in [0.4, 0.5) is 0 Å². The molecule has 0 amide bonds. The van der Waals surface area contributed by atoms with Gasteiger partial charge < -0.3 is 15.3 Å². The highest BCUT2D eigenvalue weighted by Gasteiger charge is 2.66. The Balaban J connectivity index is 2.25. The summed E-state index contributed by atoms with van der Waals surface area (Å²) in [5.41, 5.74) is -1.62.